The van der Waals surface area contributed by atoms with Gasteiger partial charge in [0.15, 0.2) is 0 Å². The number of carbonyl (C=O) groups is 1. The molecule has 0 bridgehead atoms. The van der Waals surface area contributed by atoms with Gasteiger partial charge in [-0.05, 0) is 44.5 Å². The Morgan fingerprint density at radius 2 is 1.88 bits per heavy atom. The molecule has 2 rings (SSSR count). The van der Waals surface area contributed by atoms with Gasteiger partial charge in [-0.1, -0.05) is 24.8 Å². The summed E-state index contributed by atoms with van der Waals surface area (Å²) in [6.07, 6.45) is 1.28. The molecule has 4 nitrogen and oxygen atoms in total. The van der Waals surface area contributed by atoms with Crippen LogP contribution < -0.4 is 10.2 Å². The van der Waals surface area contributed by atoms with Gasteiger partial charge in [-0.15, -0.1) is 11.3 Å². The highest BCUT2D eigenvalue weighted by molar-refractivity contribution is 7.19. The second kappa shape index (κ2) is 7.09. The van der Waals surface area contributed by atoms with Crippen LogP contribution in [0.3, 0.4) is 0 Å². The first kappa shape index (κ1) is 18.1. The summed E-state index contributed by atoms with van der Waals surface area (Å²) in [5, 5.41) is 3.56. The molecule has 24 heavy (non-hydrogen) atoms. The fourth-order valence-corrected chi connectivity index (χ4v) is 3.17. The zero-order chi connectivity index (χ0) is 17.9. The molecule has 2 aromatic rings. The van der Waals surface area contributed by atoms with Gasteiger partial charge in [-0.3, -0.25) is 5.32 Å². The first-order valence-corrected chi connectivity index (χ1v) is 8.55. The van der Waals surface area contributed by atoms with Crippen molar-refractivity contribution < 1.29 is 9.53 Å². The van der Waals surface area contributed by atoms with Crippen LogP contribution in [-0.2, 0) is 4.74 Å². The molecule has 0 fully saturated rings. The van der Waals surface area contributed by atoms with Crippen LogP contribution in [0.15, 0.2) is 36.9 Å². The van der Waals surface area contributed by atoms with Crippen molar-refractivity contribution in [2.45, 2.75) is 26.4 Å². The summed E-state index contributed by atoms with van der Waals surface area (Å²) in [6.45, 7) is 9.35. The molecule has 0 aliphatic heterocycles. The summed E-state index contributed by atoms with van der Waals surface area (Å²) in [5.41, 5.74) is 2.61. The number of benzene rings is 1. The average molecular weight is 344 g/mol. The second-order valence-electron chi connectivity index (χ2n) is 6.67. The zero-order valence-corrected chi connectivity index (χ0v) is 15.7. The number of hydrogen-bond donors (Lipinski definition) is 1. The number of ether oxygens (including phenoxy) is 1. The van der Waals surface area contributed by atoms with Gasteiger partial charge in [0.05, 0.1) is 0 Å². The van der Waals surface area contributed by atoms with Gasteiger partial charge < -0.3 is 9.64 Å². The maximum absolute atomic E-state index is 12.0. The summed E-state index contributed by atoms with van der Waals surface area (Å²) in [5.74, 6) is 0. The Morgan fingerprint density at radius 1 is 1.25 bits per heavy atom. The molecule has 1 N–H and O–H groups in total. The average Bonchev–Trinajstić information content (AvgIpc) is 2.88. The van der Waals surface area contributed by atoms with Crippen molar-refractivity contribution in [2.24, 2.45) is 0 Å². The van der Waals surface area contributed by atoms with Gasteiger partial charge in [-0.25, -0.2) is 4.79 Å². The standard InChI is InChI=1S/C19H24N2O2S/c1-7-13-12-16(14-8-10-15(11-9-14)21(5)6)24-17(13)20-18(22)23-19(2,3)4/h7-12H,1H2,2-6H3,(H,20,22). The van der Waals surface area contributed by atoms with E-state index >= 15 is 0 Å². The predicted molar refractivity (Wildman–Crippen MR) is 104 cm³/mol. The Bertz CT molecular complexity index is 725. The molecule has 0 unspecified atom stereocenters. The third-order valence-corrected chi connectivity index (χ3v) is 4.38. The summed E-state index contributed by atoms with van der Waals surface area (Å²) in [4.78, 5) is 15.1. The molecule has 128 valence electrons. The minimum absolute atomic E-state index is 0.457. The Hall–Kier alpha value is -2.27. The SMILES string of the molecule is C=Cc1cc(-c2ccc(N(C)C)cc2)sc1NC(=O)OC(C)(C)C. The Balaban J connectivity index is 2.23. The van der Waals surface area contributed by atoms with Gasteiger partial charge >= 0.3 is 6.09 Å². The quantitative estimate of drug-likeness (QED) is 0.799. The molecule has 1 aromatic heterocycles. The third-order valence-electron chi connectivity index (χ3n) is 3.26. The van der Waals surface area contributed by atoms with Crippen molar-refractivity contribution in [3.63, 3.8) is 0 Å². The summed E-state index contributed by atoms with van der Waals surface area (Å²) in [7, 11) is 4.03. The molecule has 0 spiro atoms. The van der Waals surface area contributed by atoms with E-state index in [1.54, 1.807) is 6.08 Å². The zero-order valence-electron chi connectivity index (χ0n) is 14.8. The first-order valence-electron chi connectivity index (χ1n) is 7.73. The van der Waals surface area contributed by atoms with Gasteiger partial charge in [0, 0.05) is 30.2 Å². The number of hydrogen-bond acceptors (Lipinski definition) is 4. The van der Waals surface area contributed by atoms with Crippen molar-refractivity contribution in [1.29, 1.82) is 0 Å². The molecule has 0 atom stereocenters. The van der Waals surface area contributed by atoms with Crippen molar-refractivity contribution in [3.05, 3.63) is 42.5 Å². The van der Waals surface area contributed by atoms with Crippen molar-refractivity contribution in [1.82, 2.24) is 0 Å². The summed E-state index contributed by atoms with van der Waals surface area (Å²) in [6, 6.07) is 10.3. The summed E-state index contributed by atoms with van der Waals surface area (Å²) >= 11 is 1.51. The van der Waals surface area contributed by atoms with Gasteiger partial charge in [0.1, 0.15) is 10.6 Å². The van der Waals surface area contributed by atoms with Gasteiger partial charge in [0.25, 0.3) is 0 Å². The maximum atomic E-state index is 12.0. The van der Waals surface area contributed by atoms with Gasteiger partial charge in [-0.2, -0.15) is 0 Å². The number of anilines is 2. The van der Waals surface area contributed by atoms with Crippen LogP contribution in [0, 0.1) is 0 Å². The summed E-state index contributed by atoms with van der Waals surface area (Å²) < 4.78 is 5.31. The minimum atomic E-state index is -0.527. The van der Waals surface area contributed by atoms with E-state index < -0.39 is 11.7 Å². The van der Waals surface area contributed by atoms with E-state index in [2.05, 4.69) is 41.1 Å². The predicted octanol–water partition coefficient (Wildman–Crippen LogP) is 5.47. The molecular formula is C19H24N2O2S. The van der Waals surface area contributed by atoms with Crippen molar-refractivity contribution >= 4 is 34.2 Å². The molecule has 1 amide bonds. The highest BCUT2D eigenvalue weighted by Crippen LogP contribution is 2.36. The lowest BCUT2D eigenvalue weighted by Gasteiger charge is -2.19. The highest BCUT2D eigenvalue weighted by atomic mass is 32.1. The Kier molecular flexibility index (Phi) is 5.34. The smallest absolute Gasteiger partial charge is 0.412 e. The molecule has 0 aliphatic carbocycles. The van der Waals surface area contributed by atoms with Crippen LogP contribution in [-0.4, -0.2) is 25.8 Å². The number of nitrogens with one attached hydrogen (secondary N) is 1. The number of amides is 1. The van der Waals surface area contributed by atoms with E-state index in [1.165, 1.54) is 11.3 Å². The van der Waals surface area contributed by atoms with Crippen LogP contribution in [0.25, 0.3) is 16.5 Å². The van der Waals surface area contributed by atoms with Crippen LogP contribution in [0.2, 0.25) is 0 Å². The molecule has 1 heterocycles. The second-order valence-corrected chi connectivity index (χ2v) is 7.72. The van der Waals surface area contributed by atoms with Crippen LogP contribution in [0.1, 0.15) is 26.3 Å². The van der Waals surface area contributed by atoms with E-state index in [0.717, 1.165) is 26.7 Å². The lowest BCUT2D eigenvalue weighted by molar-refractivity contribution is 0.0636. The highest BCUT2D eigenvalue weighted by Gasteiger charge is 2.18. The first-order chi connectivity index (χ1) is 11.2. The Labute approximate surface area is 147 Å². The largest absolute Gasteiger partial charge is 0.444 e. The lowest BCUT2D eigenvalue weighted by atomic mass is 10.1. The number of nitrogens with zero attached hydrogens (tertiary/aromatic N) is 1. The van der Waals surface area contributed by atoms with E-state index in [0.29, 0.717) is 0 Å². The molecule has 0 saturated carbocycles. The Morgan fingerprint density at radius 3 is 2.38 bits per heavy atom. The minimum Gasteiger partial charge on any atom is -0.444 e. The topological polar surface area (TPSA) is 41.6 Å². The van der Waals surface area contributed by atoms with Gasteiger partial charge in [0.2, 0.25) is 0 Å². The third kappa shape index (κ3) is 4.61. The van der Waals surface area contributed by atoms with E-state index in [1.807, 2.05) is 40.9 Å². The normalized spacial score (nSPS) is 11.0. The monoisotopic (exact) mass is 344 g/mol. The molecule has 0 aliphatic rings. The van der Waals surface area contributed by atoms with Crippen molar-refractivity contribution in [3.8, 4) is 10.4 Å². The maximum Gasteiger partial charge on any atom is 0.412 e. The van der Waals surface area contributed by atoms with E-state index in [-0.39, 0.29) is 0 Å². The van der Waals surface area contributed by atoms with E-state index in [9.17, 15) is 4.79 Å². The number of rotatable bonds is 4. The molecular weight excluding hydrogens is 320 g/mol. The fourth-order valence-electron chi connectivity index (χ4n) is 2.12. The number of carbonyl (C=O) groups excluding carboxylic acids is 1. The molecule has 1 aromatic carbocycles. The molecule has 0 radical (unpaired) electrons. The van der Waals surface area contributed by atoms with Crippen LogP contribution in [0.4, 0.5) is 15.5 Å². The lowest BCUT2D eigenvalue weighted by Crippen LogP contribution is -2.27. The van der Waals surface area contributed by atoms with Crippen LogP contribution >= 0.6 is 11.3 Å². The van der Waals surface area contributed by atoms with E-state index in [4.69, 9.17) is 4.74 Å². The van der Waals surface area contributed by atoms with Crippen molar-refractivity contribution in [2.75, 3.05) is 24.3 Å². The molecule has 0 saturated heterocycles. The number of thiophene rings is 1. The molecule has 5 heteroatoms. The van der Waals surface area contributed by atoms with Crippen LogP contribution in [0.5, 0.6) is 0 Å². The fraction of sp³-hybridized carbons (Fsp3) is 0.316.